The fraction of sp³-hybridized carbons (Fsp3) is 0.471. The molecule has 1 unspecified atom stereocenters. The van der Waals surface area contributed by atoms with Crippen molar-refractivity contribution in [1.82, 2.24) is 9.80 Å². The van der Waals surface area contributed by atoms with Crippen molar-refractivity contribution < 1.29 is 23.0 Å². The molecule has 0 amide bonds. The van der Waals surface area contributed by atoms with Gasteiger partial charge in [0.05, 0.1) is 11.3 Å². The summed E-state index contributed by atoms with van der Waals surface area (Å²) in [6.45, 7) is 6.62. The van der Waals surface area contributed by atoms with Gasteiger partial charge in [0.1, 0.15) is 18.6 Å². The quantitative estimate of drug-likeness (QED) is 0.290. The van der Waals surface area contributed by atoms with Crippen molar-refractivity contribution in [3.63, 3.8) is 0 Å². The number of alkyl halides is 3. The predicted molar refractivity (Wildman–Crippen MR) is 168 cm³/mol. The summed E-state index contributed by atoms with van der Waals surface area (Å²) < 4.78 is 44.4. The van der Waals surface area contributed by atoms with Gasteiger partial charge in [-0.3, -0.25) is 4.90 Å². The summed E-state index contributed by atoms with van der Waals surface area (Å²) in [6, 6.07) is 14.1. The molecule has 5 nitrogen and oxygen atoms in total. The van der Waals surface area contributed by atoms with Crippen LogP contribution in [0.15, 0.2) is 77.0 Å². The van der Waals surface area contributed by atoms with Gasteiger partial charge in [-0.2, -0.15) is 13.2 Å². The molecule has 3 N–H and O–H groups in total. The number of halogens is 3. The second-order valence-corrected chi connectivity index (χ2v) is 12.7. The van der Waals surface area contributed by atoms with Gasteiger partial charge in [-0.15, -0.1) is 11.8 Å². The Balaban J connectivity index is 1.11. The van der Waals surface area contributed by atoms with Gasteiger partial charge in [-0.1, -0.05) is 36.4 Å². The molecule has 2 aliphatic heterocycles. The Labute approximate surface area is 257 Å². The first-order chi connectivity index (χ1) is 20.7. The van der Waals surface area contributed by atoms with E-state index in [0.717, 1.165) is 78.0 Å². The smallest absolute Gasteiger partial charge is 0.416 e. The van der Waals surface area contributed by atoms with Gasteiger partial charge in [-0.25, -0.2) is 0 Å². The second kappa shape index (κ2) is 14.4. The molecule has 3 aliphatic rings. The van der Waals surface area contributed by atoms with E-state index in [9.17, 15) is 18.3 Å². The van der Waals surface area contributed by atoms with Crippen molar-refractivity contribution in [2.75, 3.05) is 32.8 Å². The van der Waals surface area contributed by atoms with E-state index in [1.165, 1.54) is 49.8 Å². The summed E-state index contributed by atoms with van der Waals surface area (Å²) in [7, 11) is 0. The average molecular weight is 614 g/mol. The van der Waals surface area contributed by atoms with Gasteiger partial charge in [0.15, 0.2) is 0 Å². The Morgan fingerprint density at radius 2 is 1.70 bits per heavy atom. The van der Waals surface area contributed by atoms with Crippen LogP contribution in [0.4, 0.5) is 13.2 Å². The number of aliphatic hydroxyl groups is 1. The molecule has 2 saturated heterocycles. The van der Waals surface area contributed by atoms with Crippen LogP contribution in [0, 0.1) is 0 Å². The number of thioether (sulfide) groups is 1. The van der Waals surface area contributed by atoms with E-state index in [-0.39, 0.29) is 0 Å². The van der Waals surface area contributed by atoms with E-state index in [0.29, 0.717) is 30.6 Å². The van der Waals surface area contributed by atoms with Crippen molar-refractivity contribution in [2.24, 2.45) is 5.73 Å². The van der Waals surface area contributed by atoms with Gasteiger partial charge in [0, 0.05) is 24.9 Å². The largest absolute Gasteiger partial charge is 0.487 e. The summed E-state index contributed by atoms with van der Waals surface area (Å²) in [5.41, 5.74) is 11.4. The molecule has 0 saturated carbocycles. The Hall–Kier alpha value is -2.72. The zero-order chi connectivity index (χ0) is 30.4. The number of nitrogens with zero attached hydrogens (tertiary/aromatic N) is 2. The molecule has 2 aromatic rings. The molecular formula is C34H42F3N3O2S. The van der Waals surface area contributed by atoms with Crippen LogP contribution in [0.5, 0.6) is 0 Å². The standard InChI is InChI=1S/C34H42F3N3O2S/c1-24(22-43-23-25-4-11-29(12-5-25)34(35,36)37)21-42-32-20-28(10-13-31(32)38)26-6-8-27(9-7-26)33(41)40-18-14-30(15-19-40)39-16-2-3-17-39/h4-9,11-12,20,22,30,33,41H,2-3,10,13-19,21,23,38H2,1H3/b24-22+. The Morgan fingerprint density at radius 1 is 1.02 bits per heavy atom. The molecule has 2 aromatic carbocycles. The lowest BCUT2D eigenvalue weighted by atomic mass is 9.94. The fourth-order valence-corrected chi connectivity index (χ4v) is 6.88. The number of nitrogens with two attached hydrogens (primary N) is 1. The van der Waals surface area contributed by atoms with Crippen LogP contribution < -0.4 is 5.73 Å². The maximum atomic E-state index is 12.8. The molecule has 0 bridgehead atoms. The molecule has 5 rings (SSSR count). The van der Waals surface area contributed by atoms with Crippen LogP contribution >= 0.6 is 11.8 Å². The lowest BCUT2D eigenvalue weighted by molar-refractivity contribution is -0.137. The minimum atomic E-state index is -4.32. The maximum absolute atomic E-state index is 12.8. The molecule has 2 heterocycles. The molecule has 1 atom stereocenters. The van der Waals surface area contributed by atoms with Crippen LogP contribution in [0.1, 0.15) is 73.9 Å². The van der Waals surface area contributed by atoms with E-state index in [1.807, 2.05) is 30.5 Å². The van der Waals surface area contributed by atoms with Crippen molar-refractivity contribution in [1.29, 1.82) is 0 Å². The highest BCUT2D eigenvalue weighted by atomic mass is 32.2. The summed E-state index contributed by atoms with van der Waals surface area (Å²) in [4.78, 5) is 4.81. The van der Waals surface area contributed by atoms with Crippen LogP contribution in [0.3, 0.4) is 0 Å². The number of rotatable bonds is 10. The third-order valence-electron chi connectivity index (χ3n) is 8.64. The summed E-state index contributed by atoms with van der Waals surface area (Å²) in [5, 5.41) is 13.0. The van der Waals surface area contributed by atoms with E-state index < -0.39 is 18.0 Å². The predicted octanol–water partition coefficient (Wildman–Crippen LogP) is 7.46. The Kier molecular flexibility index (Phi) is 10.6. The fourth-order valence-electron chi connectivity index (χ4n) is 6.06. The zero-order valence-corrected chi connectivity index (χ0v) is 25.6. The second-order valence-electron chi connectivity index (χ2n) is 11.8. The van der Waals surface area contributed by atoms with Crippen molar-refractivity contribution in [3.8, 4) is 0 Å². The third kappa shape index (κ3) is 8.47. The normalized spacial score (nSPS) is 20.4. The van der Waals surface area contributed by atoms with Crippen LogP contribution in [0.25, 0.3) is 5.57 Å². The first kappa shape index (κ1) is 31.7. The minimum absolute atomic E-state index is 0.374. The minimum Gasteiger partial charge on any atom is -0.487 e. The molecule has 9 heteroatoms. The molecular weight excluding hydrogens is 571 g/mol. The SMILES string of the molecule is C/C(=C\SCc1ccc(C(F)(F)F)cc1)COC1=C(N)CCC(c2ccc(C(O)N3CCC(N4CCCC4)CC3)cc2)=C1. The van der Waals surface area contributed by atoms with E-state index in [2.05, 4.69) is 21.9 Å². The number of allylic oxidation sites excluding steroid dienone is 3. The average Bonchev–Trinajstić information content (AvgIpc) is 3.56. The van der Waals surface area contributed by atoms with E-state index in [1.54, 1.807) is 0 Å². The molecule has 0 aromatic heterocycles. The maximum Gasteiger partial charge on any atom is 0.416 e. The number of piperidine rings is 1. The van der Waals surface area contributed by atoms with E-state index >= 15 is 0 Å². The third-order valence-corrected chi connectivity index (χ3v) is 9.71. The van der Waals surface area contributed by atoms with Crippen molar-refractivity contribution >= 4 is 17.3 Å². The lowest BCUT2D eigenvalue weighted by Gasteiger charge is -2.38. The van der Waals surface area contributed by atoms with Crippen LogP contribution in [0.2, 0.25) is 0 Å². The molecule has 0 radical (unpaired) electrons. The van der Waals surface area contributed by atoms with Gasteiger partial charge >= 0.3 is 6.18 Å². The van der Waals surface area contributed by atoms with Crippen LogP contribution in [-0.2, 0) is 16.7 Å². The van der Waals surface area contributed by atoms with Gasteiger partial charge < -0.3 is 20.5 Å². The number of ether oxygens (including phenoxy) is 1. The van der Waals surface area contributed by atoms with Crippen molar-refractivity contribution in [3.05, 3.63) is 99.3 Å². The molecule has 1 aliphatic carbocycles. The number of benzene rings is 2. The monoisotopic (exact) mass is 613 g/mol. The molecule has 43 heavy (non-hydrogen) atoms. The van der Waals surface area contributed by atoms with Gasteiger partial charge in [0.25, 0.3) is 0 Å². The number of hydrogen-bond donors (Lipinski definition) is 2. The highest BCUT2D eigenvalue weighted by molar-refractivity contribution is 8.01. The highest BCUT2D eigenvalue weighted by Crippen LogP contribution is 2.32. The zero-order valence-electron chi connectivity index (χ0n) is 24.8. The van der Waals surface area contributed by atoms with Crippen LogP contribution in [-0.4, -0.2) is 53.7 Å². The van der Waals surface area contributed by atoms with Crippen molar-refractivity contribution in [2.45, 2.75) is 69.6 Å². The first-order valence-electron chi connectivity index (χ1n) is 15.2. The summed E-state index contributed by atoms with van der Waals surface area (Å²) in [5.74, 6) is 1.25. The Morgan fingerprint density at radius 3 is 2.35 bits per heavy atom. The number of likely N-dealkylation sites (tertiary alicyclic amines) is 2. The van der Waals surface area contributed by atoms with Gasteiger partial charge in [-0.05, 0) is 110 Å². The Bertz CT molecular complexity index is 1310. The summed E-state index contributed by atoms with van der Waals surface area (Å²) in [6.07, 6.45) is 3.50. The number of hydrogen-bond acceptors (Lipinski definition) is 6. The number of aliphatic hydroxyl groups excluding tert-OH is 1. The molecule has 2 fully saturated rings. The lowest BCUT2D eigenvalue weighted by Crippen LogP contribution is -2.44. The topological polar surface area (TPSA) is 62.0 Å². The van der Waals surface area contributed by atoms with E-state index in [4.69, 9.17) is 10.5 Å². The first-order valence-corrected chi connectivity index (χ1v) is 16.2. The summed E-state index contributed by atoms with van der Waals surface area (Å²) >= 11 is 1.52. The molecule has 232 valence electrons. The highest BCUT2D eigenvalue weighted by Gasteiger charge is 2.30. The van der Waals surface area contributed by atoms with Gasteiger partial charge in [0.2, 0.25) is 0 Å². The molecule has 0 spiro atoms.